The first-order valence-corrected chi connectivity index (χ1v) is 9.22. The number of para-hydroxylation sites is 1. The minimum absolute atomic E-state index is 0.156. The summed E-state index contributed by atoms with van der Waals surface area (Å²) < 4.78 is 1.32. The predicted molar refractivity (Wildman–Crippen MR) is 104 cm³/mol. The number of amides is 3. The molecule has 1 aliphatic heterocycles. The van der Waals surface area contributed by atoms with Crippen LogP contribution in [0.4, 0.5) is 5.69 Å². The summed E-state index contributed by atoms with van der Waals surface area (Å²) in [6, 6.07) is 4.20. The van der Waals surface area contributed by atoms with Gasteiger partial charge >= 0.3 is 0 Å². The third-order valence-corrected chi connectivity index (χ3v) is 4.73. The van der Waals surface area contributed by atoms with E-state index in [1.165, 1.54) is 4.57 Å². The van der Waals surface area contributed by atoms with Crippen LogP contribution in [0.1, 0.15) is 37.5 Å². The van der Waals surface area contributed by atoms with E-state index < -0.39 is 11.9 Å². The van der Waals surface area contributed by atoms with Gasteiger partial charge in [0.1, 0.15) is 17.4 Å². The standard InChI is InChI=1S/C19H23N5O4/c1-11-21-17-12(5-3-6-13(17)22-15(25)7-4-10-20-2)19(28)24(11)14-8-9-16(26)23-18(14)27/h3,5-6,14,20H,4,7-10H2,1-2H3,(H,22,25)(H,23,26,27). The van der Waals surface area contributed by atoms with E-state index in [-0.39, 0.29) is 30.2 Å². The second kappa shape index (κ2) is 8.30. The zero-order valence-corrected chi connectivity index (χ0v) is 15.9. The molecule has 1 aromatic heterocycles. The molecule has 3 rings (SSSR count). The number of piperidine rings is 1. The monoisotopic (exact) mass is 385 g/mol. The number of nitrogens with zero attached hydrogens (tertiary/aromatic N) is 2. The highest BCUT2D eigenvalue weighted by atomic mass is 16.2. The summed E-state index contributed by atoms with van der Waals surface area (Å²) in [5, 5.41) is 8.37. The van der Waals surface area contributed by atoms with E-state index in [2.05, 4.69) is 20.9 Å². The summed E-state index contributed by atoms with van der Waals surface area (Å²) in [4.78, 5) is 53.3. The van der Waals surface area contributed by atoms with Crippen molar-refractivity contribution in [2.24, 2.45) is 0 Å². The number of aryl methyl sites for hydroxylation is 1. The molecule has 1 unspecified atom stereocenters. The van der Waals surface area contributed by atoms with Gasteiger partial charge in [-0.25, -0.2) is 4.98 Å². The van der Waals surface area contributed by atoms with E-state index in [9.17, 15) is 19.2 Å². The first-order chi connectivity index (χ1) is 13.4. The third-order valence-electron chi connectivity index (χ3n) is 4.73. The molecule has 1 fully saturated rings. The van der Waals surface area contributed by atoms with Gasteiger partial charge in [-0.3, -0.25) is 29.1 Å². The summed E-state index contributed by atoms with van der Waals surface area (Å²) in [5.41, 5.74) is 0.473. The molecular weight excluding hydrogens is 362 g/mol. The highest BCUT2D eigenvalue weighted by molar-refractivity contribution is 6.01. The maximum atomic E-state index is 13.1. The molecule has 2 heterocycles. The second-order valence-electron chi connectivity index (χ2n) is 6.76. The quantitative estimate of drug-likeness (QED) is 0.495. The Kier molecular flexibility index (Phi) is 5.84. The van der Waals surface area contributed by atoms with Crippen LogP contribution in [-0.2, 0) is 14.4 Å². The van der Waals surface area contributed by atoms with Crippen molar-refractivity contribution in [1.82, 2.24) is 20.2 Å². The number of nitrogens with one attached hydrogen (secondary N) is 3. The molecule has 1 atom stereocenters. The predicted octanol–water partition coefficient (Wildman–Crippen LogP) is 0.621. The molecule has 2 aromatic rings. The topological polar surface area (TPSA) is 122 Å². The van der Waals surface area contributed by atoms with E-state index in [0.717, 1.165) is 6.54 Å². The Bertz CT molecular complexity index is 998. The van der Waals surface area contributed by atoms with Gasteiger partial charge in [-0.15, -0.1) is 0 Å². The van der Waals surface area contributed by atoms with Crippen molar-refractivity contribution >= 4 is 34.3 Å². The molecule has 28 heavy (non-hydrogen) atoms. The Labute approximate surface area is 161 Å². The number of imide groups is 1. The lowest BCUT2D eigenvalue weighted by Gasteiger charge is -2.24. The van der Waals surface area contributed by atoms with Gasteiger partial charge in [0.25, 0.3) is 5.56 Å². The highest BCUT2D eigenvalue weighted by Gasteiger charge is 2.30. The number of aromatic nitrogens is 2. The van der Waals surface area contributed by atoms with Crippen LogP contribution in [0.15, 0.2) is 23.0 Å². The van der Waals surface area contributed by atoms with Crippen LogP contribution in [0.3, 0.4) is 0 Å². The molecule has 9 heteroatoms. The Morgan fingerprint density at radius 1 is 1.32 bits per heavy atom. The Balaban J connectivity index is 1.97. The van der Waals surface area contributed by atoms with Crippen molar-refractivity contribution in [2.45, 2.75) is 38.6 Å². The minimum Gasteiger partial charge on any atom is -0.324 e. The molecular formula is C19H23N5O4. The second-order valence-corrected chi connectivity index (χ2v) is 6.76. The van der Waals surface area contributed by atoms with Gasteiger partial charge in [-0.1, -0.05) is 6.07 Å². The minimum atomic E-state index is -0.776. The molecule has 3 amide bonds. The summed E-state index contributed by atoms with van der Waals surface area (Å²) in [6.07, 6.45) is 1.47. The number of anilines is 1. The molecule has 0 saturated carbocycles. The van der Waals surface area contributed by atoms with Crippen LogP contribution in [0.25, 0.3) is 10.9 Å². The van der Waals surface area contributed by atoms with Gasteiger partial charge < -0.3 is 10.6 Å². The van der Waals surface area contributed by atoms with Crippen LogP contribution in [-0.4, -0.2) is 40.9 Å². The van der Waals surface area contributed by atoms with Crippen molar-refractivity contribution in [3.8, 4) is 0 Å². The molecule has 3 N–H and O–H groups in total. The van der Waals surface area contributed by atoms with Gasteiger partial charge in [-0.2, -0.15) is 0 Å². The van der Waals surface area contributed by atoms with Gasteiger partial charge in [0.05, 0.1) is 11.1 Å². The fraction of sp³-hybridized carbons (Fsp3) is 0.421. The van der Waals surface area contributed by atoms with Crippen LogP contribution < -0.4 is 21.5 Å². The van der Waals surface area contributed by atoms with Gasteiger partial charge in [0.2, 0.25) is 17.7 Å². The smallest absolute Gasteiger partial charge is 0.262 e. The van der Waals surface area contributed by atoms with E-state index in [4.69, 9.17) is 0 Å². The molecule has 0 radical (unpaired) electrons. The lowest BCUT2D eigenvalue weighted by molar-refractivity contribution is -0.135. The molecule has 0 aliphatic carbocycles. The van der Waals surface area contributed by atoms with Crippen molar-refractivity contribution in [3.63, 3.8) is 0 Å². The molecule has 1 aliphatic rings. The zero-order valence-electron chi connectivity index (χ0n) is 15.9. The fourth-order valence-electron chi connectivity index (χ4n) is 3.36. The maximum Gasteiger partial charge on any atom is 0.262 e. The molecule has 1 saturated heterocycles. The summed E-state index contributed by atoms with van der Waals surface area (Å²) in [7, 11) is 1.82. The normalized spacial score (nSPS) is 16.9. The molecule has 0 bridgehead atoms. The summed E-state index contributed by atoms with van der Waals surface area (Å²) >= 11 is 0. The average molecular weight is 385 g/mol. The summed E-state index contributed by atoms with van der Waals surface area (Å²) in [6.45, 7) is 2.37. The number of hydrogen-bond donors (Lipinski definition) is 3. The van der Waals surface area contributed by atoms with E-state index in [0.29, 0.717) is 35.3 Å². The number of fused-ring (bicyclic) bond motifs is 1. The number of carbonyl (C=O) groups is 3. The van der Waals surface area contributed by atoms with Crippen LogP contribution in [0.5, 0.6) is 0 Å². The Morgan fingerprint density at radius 3 is 2.82 bits per heavy atom. The first-order valence-electron chi connectivity index (χ1n) is 9.22. The number of hydrogen-bond acceptors (Lipinski definition) is 6. The lowest BCUT2D eigenvalue weighted by Crippen LogP contribution is -2.45. The molecule has 148 valence electrons. The van der Waals surface area contributed by atoms with Gasteiger partial charge in [0, 0.05) is 12.8 Å². The van der Waals surface area contributed by atoms with Crippen molar-refractivity contribution in [2.75, 3.05) is 18.9 Å². The zero-order chi connectivity index (χ0) is 20.3. The van der Waals surface area contributed by atoms with Crippen LogP contribution in [0.2, 0.25) is 0 Å². The number of benzene rings is 1. The molecule has 0 spiro atoms. The maximum absolute atomic E-state index is 13.1. The van der Waals surface area contributed by atoms with E-state index in [1.54, 1.807) is 25.1 Å². The van der Waals surface area contributed by atoms with E-state index >= 15 is 0 Å². The average Bonchev–Trinajstić information content (AvgIpc) is 2.64. The third kappa shape index (κ3) is 3.94. The van der Waals surface area contributed by atoms with E-state index in [1.807, 2.05) is 7.05 Å². The number of carbonyl (C=O) groups excluding carboxylic acids is 3. The van der Waals surface area contributed by atoms with Crippen molar-refractivity contribution in [1.29, 1.82) is 0 Å². The summed E-state index contributed by atoms with van der Waals surface area (Å²) in [5.74, 6) is -0.652. The molecule has 9 nitrogen and oxygen atoms in total. The van der Waals surface area contributed by atoms with Gasteiger partial charge in [0.15, 0.2) is 0 Å². The van der Waals surface area contributed by atoms with Gasteiger partial charge in [-0.05, 0) is 45.5 Å². The SMILES string of the molecule is CNCCCC(=O)Nc1cccc2c(=O)n(C3CCC(=O)NC3=O)c(C)nc12. The van der Waals surface area contributed by atoms with Crippen LogP contribution >= 0.6 is 0 Å². The number of rotatable bonds is 6. The largest absolute Gasteiger partial charge is 0.324 e. The first kappa shape index (κ1) is 19.7. The molecule has 1 aromatic carbocycles. The highest BCUT2D eigenvalue weighted by Crippen LogP contribution is 2.23. The fourth-order valence-corrected chi connectivity index (χ4v) is 3.36. The van der Waals surface area contributed by atoms with Crippen molar-refractivity contribution in [3.05, 3.63) is 34.4 Å². The lowest BCUT2D eigenvalue weighted by atomic mass is 10.1. The Morgan fingerprint density at radius 2 is 2.11 bits per heavy atom. The van der Waals surface area contributed by atoms with Crippen LogP contribution in [0, 0.1) is 6.92 Å². The van der Waals surface area contributed by atoms with Crippen molar-refractivity contribution < 1.29 is 14.4 Å². The Hall–Kier alpha value is -3.07.